The summed E-state index contributed by atoms with van der Waals surface area (Å²) in [6, 6.07) is 2.15. The van der Waals surface area contributed by atoms with E-state index in [1.165, 1.54) is 5.56 Å². The standard InChI is InChI=1S/C17H26B2/c1-8-17(7,9-2)13-14(18)11(3)10-12(15(13)19)16(4,5)6/h10H,8-9H2,1-7H3. The molecule has 0 saturated heterocycles. The third kappa shape index (κ3) is 2.93. The van der Waals surface area contributed by atoms with Crippen molar-refractivity contribution >= 4 is 26.6 Å². The maximum Gasteiger partial charge on any atom is 0.114 e. The molecule has 0 heterocycles. The van der Waals surface area contributed by atoms with Crippen molar-refractivity contribution in [3.05, 3.63) is 22.8 Å². The summed E-state index contributed by atoms with van der Waals surface area (Å²) in [5.74, 6) is 0. The summed E-state index contributed by atoms with van der Waals surface area (Å²) in [7, 11) is 12.8. The minimum atomic E-state index is 0.0414. The summed E-state index contributed by atoms with van der Waals surface area (Å²) < 4.78 is 0. The van der Waals surface area contributed by atoms with Gasteiger partial charge in [0.2, 0.25) is 0 Å². The number of aryl methyl sites for hydroxylation is 1. The first kappa shape index (κ1) is 16.4. The molecule has 19 heavy (non-hydrogen) atoms. The second kappa shape index (κ2) is 5.38. The van der Waals surface area contributed by atoms with Crippen LogP contribution in [0.2, 0.25) is 0 Å². The van der Waals surface area contributed by atoms with Crippen molar-refractivity contribution in [1.29, 1.82) is 0 Å². The Hall–Kier alpha value is -0.650. The molecule has 0 aliphatic carbocycles. The Morgan fingerprint density at radius 2 is 1.42 bits per heavy atom. The fraction of sp³-hybridized carbons (Fsp3) is 0.647. The van der Waals surface area contributed by atoms with Gasteiger partial charge in [0.05, 0.1) is 0 Å². The minimum Gasteiger partial charge on any atom is -0.0907 e. The first-order chi connectivity index (χ1) is 8.58. The van der Waals surface area contributed by atoms with Crippen LogP contribution in [-0.4, -0.2) is 15.7 Å². The lowest BCUT2D eigenvalue weighted by molar-refractivity contribution is 0.442. The van der Waals surface area contributed by atoms with E-state index in [0.29, 0.717) is 0 Å². The zero-order valence-corrected chi connectivity index (χ0v) is 13.6. The van der Waals surface area contributed by atoms with Gasteiger partial charge in [-0.1, -0.05) is 69.7 Å². The largest absolute Gasteiger partial charge is 0.114 e. The Kier molecular flexibility index (Phi) is 4.65. The summed E-state index contributed by atoms with van der Waals surface area (Å²) in [6.07, 6.45) is 2.09. The topological polar surface area (TPSA) is 0 Å². The predicted octanol–water partition coefficient (Wildman–Crippen LogP) is 2.96. The molecule has 0 atom stereocenters. The van der Waals surface area contributed by atoms with Gasteiger partial charge < -0.3 is 0 Å². The van der Waals surface area contributed by atoms with Gasteiger partial charge in [0.15, 0.2) is 0 Å². The van der Waals surface area contributed by atoms with E-state index in [9.17, 15) is 0 Å². The van der Waals surface area contributed by atoms with E-state index >= 15 is 0 Å². The maximum atomic E-state index is 6.50. The maximum absolute atomic E-state index is 6.50. The van der Waals surface area contributed by atoms with Gasteiger partial charge in [0.25, 0.3) is 0 Å². The van der Waals surface area contributed by atoms with Crippen LogP contribution in [0, 0.1) is 6.92 Å². The van der Waals surface area contributed by atoms with Crippen molar-refractivity contribution in [3.8, 4) is 0 Å². The number of rotatable bonds is 3. The first-order valence-electron chi connectivity index (χ1n) is 7.28. The fourth-order valence-corrected chi connectivity index (χ4v) is 2.72. The molecule has 1 rings (SSSR count). The first-order valence-corrected chi connectivity index (χ1v) is 7.28. The second-order valence-electron chi connectivity index (χ2n) is 6.96. The van der Waals surface area contributed by atoms with E-state index in [0.717, 1.165) is 34.9 Å². The van der Waals surface area contributed by atoms with Crippen LogP contribution in [0.3, 0.4) is 0 Å². The van der Waals surface area contributed by atoms with Gasteiger partial charge >= 0.3 is 0 Å². The molecule has 0 amide bonds. The van der Waals surface area contributed by atoms with E-state index in [4.69, 9.17) is 15.7 Å². The third-order valence-corrected chi connectivity index (χ3v) is 4.59. The smallest absolute Gasteiger partial charge is 0.0907 e. The average molecular weight is 252 g/mol. The van der Waals surface area contributed by atoms with E-state index in [1.807, 2.05) is 0 Å². The minimum absolute atomic E-state index is 0.0414. The zero-order valence-electron chi connectivity index (χ0n) is 13.6. The summed E-state index contributed by atoms with van der Waals surface area (Å²) >= 11 is 0. The highest BCUT2D eigenvalue weighted by atomic mass is 14.3. The molecule has 0 unspecified atom stereocenters. The van der Waals surface area contributed by atoms with Crippen molar-refractivity contribution in [2.24, 2.45) is 0 Å². The van der Waals surface area contributed by atoms with Crippen LogP contribution >= 0.6 is 0 Å². The van der Waals surface area contributed by atoms with E-state index in [2.05, 4.69) is 54.5 Å². The van der Waals surface area contributed by atoms with Crippen LogP contribution in [-0.2, 0) is 10.8 Å². The van der Waals surface area contributed by atoms with Gasteiger partial charge in [-0.3, -0.25) is 0 Å². The zero-order chi connectivity index (χ0) is 15.0. The van der Waals surface area contributed by atoms with Crippen molar-refractivity contribution in [2.45, 2.75) is 72.1 Å². The molecule has 1 aromatic rings. The lowest BCUT2D eigenvalue weighted by atomic mass is 9.62. The predicted molar refractivity (Wildman–Crippen MR) is 88.6 cm³/mol. The molecule has 2 heteroatoms. The van der Waals surface area contributed by atoms with Gasteiger partial charge in [-0.15, -0.1) is 0 Å². The molecular formula is C17H26B2. The molecule has 0 aliphatic heterocycles. The SMILES string of the molecule is [B]c1c(C)cc(C(C)(C)C)c([B])c1C(C)(CC)CC. The highest BCUT2D eigenvalue weighted by molar-refractivity contribution is 6.41. The summed E-state index contributed by atoms with van der Waals surface area (Å²) in [6.45, 7) is 15.4. The monoisotopic (exact) mass is 252 g/mol. The van der Waals surface area contributed by atoms with E-state index in [-0.39, 0.29) is 10.8 Å². The quantitative estimate of drug-likeness (QED) is 0.725. The highest BCUT2D eigenvalue weighted by Gasteiger charge is 2.29. The second-order valence-corrected chi connectivity index (χ2v) is 6.96. The lowest BCUT2D eigenvalue weighted by Crippen LogP contribution is -2.40. The van der Waals surface area contributed by atoms with Crippen LogP contribution in [0.25, 0.3) is 0 Å². The molecular weight excluding hydrogens is 226 g/mol. The van der Waals surface area contributed by atoms with Crippen molar-refractivity contribution in [2.75, 3.05) is 0 Å². The Balaban J connectivity index is 3.69. The van der Waals surface area contributed by atoms with E-state index < -0.39 is 0 Å². The molecule has 0 spiro atoms. The number of benzene rings is 1. The average Bonchev–Trinajstić information content (AvgIpc) is 2.32. The van der Waals surface area contributed by atoms with Gasteiger partial charge in [-0.2, -0.15) is 0 Å². The normalized spacial score (nSPS) is 12.8. The van der Waals surface area contributed by atoms with Crippen LogP contribution < -0.4 is 10.9 Å². The number of hydrogen-bond donors (Lipinski definition) is 0. The Bertz CT molecular complexity index is 463. The van der Waals surface area contributed by atoms with Crippen molar-refractivity contribution < 1.29 is 0 Å². The third-order valence-electron chi connectivity index (χ3n) is 4.59. The van der Waals surface area contributed by atoms with Crippen molar-refractivity contribution in [3.63, 3.8) is 0 Å². The Morgan fingerprint density at radius 3 is 1.79 bits per heavy atom. The van der Waals surface area contributed by atoms with Crippen LogP contribution in [0.5, 0.6) is 0 Å². The molecule has 0 bridgehead atoms. The molecule has 0 nitrogen and oxygen atoms in total. The summed E-state index contributed by atoms with van der Waals surface area (Å²) in [5, 5.41) is 0. The van der Waals surface area contributed by atoms with Gasteiger partial charge in [-0.25, -0.2) is 0 Å². The van der Waals surface area contributed by atoms with Gasteiger partial charge in [0, 0.05) is 0 Å². The van der Waals surface area contributed by atoms with Crippen molar-refractivity contribution in [1.82, 2.24) is 0 Å². The molecule has 0 saturated carbocycles. The lowest BCUT2D eigenvalue weighted by Gasteiger charge is -2.36. The fourth-order valence-electron chi connectivity index (χ4n) is 2.72. The Morgan fingerprint density at radius 1 is 0.947 bits per heavy atom. The molecule has 4 radical (unpaired) electrons. The van der Waals surface area contributed by atoms with Crippen LogP contribution in [0.15, 0.2) is 6.07 Å². The molecule has 100 valence electrons. The van der Waals surface area contributed by atoms with Crippen LogP contribution in [0.1, 0.15) is 71.1 Å². The van der Waals surface area contributed by atoms with E-state index in [1.54, 1.807) is 0 Å². The summed E-state index contributed by atoms with van der Waals surface area (Å²) in [4.78, 5) is 0. The van der Waals surface area contributed by atoms with Gasteiger partial charge in [0.1, 0.15) is 15.7 Å². The molecule has 0 aliphatic rings. The van der Waals surface area contributed by atoms with Gasteiger partial charge in [-0.05, 0) is 36.2 Å². The highest BCUT2D eigenvalue weighted by Crippen LogP contribution is 2.31. The molecule has 1 aromatic carbocycles. The molecule has 0 aromatic heterocycles. The van der Waals surface area contributed by atoms with Crippen LogP contribution in [0.4, 0.5) is 0 Å². The molecule has 0 N–H and O–H groups in total. The molecule has 0 fully saturated rings. The summed E-state index contributed by atoms with van der Waals surface area (Å²) in [5.41, 5.74) is 5.37. The number of hydrogen-bond acceptors (Lipinski definition) is 0. The Labute approximate surface area is 122 Å².